The fraction of sp³-hybridized carbons (Fsp3) is 0.571. The van der Waals surface area contributed by atoms with Crippen LogP contribution in [0.2, 0.25) is 0 Å². The molecule has 0 radical (unpaired) electrons. The summed E-state index contributed by atoms with van der Waals surface area (Å²) in [6, 6.07) is 3.57. The van der Waals surface area contributed by atoms with Gasteiger partial charge in [0.25, 0.3) is 0 Å². The van der Waals surface area contributed by atoms with Crippen molar-refractivity contribution in [1.82, 2.24) is 10.2 Å². The van der Waals surface area contributed by atoms with Crippen LogP contribution in [0.25, 0.3) is 4.85 Å². The van der Waals surface area contributed by atoms with Crippen molar-refractivity contribution in [3.8, 4) is 5.75 Å². The zero-order valence-corrected chi connectivity index (χ0v) is 18.8. The molecule has 12 heteroatoms. The van der Waals surface area contributed by atoms with E-state index < -0.39 is 39.2 Å². The molecule has 33 heavy (non-hydrogen) atoms. The van der Waals surface area contributed by atoms with Crippen molar-refractivity contribution in [2.24, 2.45) is 11.3 Å². The summed E-state index contributed by atoms with van der Waals surface area (Å²) in [5, 5.41) is 2.59. The highest BCUT2D eigenvalue weighted by atomic mass is 32.2. The van der Waals surface area contributed by atoms with Gasteiger partial charge in [0, 0.05) is 31.5 Å². The molecule has 1 saturated heterocycles. The summed E-state index contributed by atoms with van der Waals surface area (Å²) in [7, 11) is -3.33. The minimum Gasteiger partial charge on any atom is -0.407 e. The zero-order chi connectivity index (χ0) is 24.4. The van der Waals surface area contributed by atoms with Crippen molar-refractivity contribution in [3.63, 3.8) is 0 Å². The number of halogens is 3. The molecule has 1 aliphatic carbocycles. The van der Waals surface area contributed by atoms with Gasteiger partial charge in [0.2, 0.25) is 11.8 Å². The molecule has 1 N–H and O–H groups in total. The van der Waals surface area contributed by atoms with E-state index in [-0.39, 0.29) is 36.0 Å². The van der Waals surface area contributed by atoms with Crippen LogP contribution >= 0.6 is 0 Å². The molecule has 3 rings (SSSR count). The van der Waals surface area contributed by atoms with Gasteiger partial charge in [-0.15, -0.1) is 13.2 Å². The van der Waals surface area contributed by atoms with Crippen molar-refractivity contribution in [2.45, 2.75) is 38.6 Å². The number of nitrogens with one attached hydrogen (secondary N) is 1. The molecule has 1 atom stereocenters. The number of amides is 2. The van der Waals surface area contributed by atoms with Crippen LogP contribution in [0.5, 0.6) is 5.75 Å². The first-order chi connectivity index (χ1) is 15.3. The van der Waals surface area contributed by atoms with Gasteiger partial charge in [0.05, 0.1) is 23.7 Å². The van der Waals surface area contributed by atoms with Crippen LogP contribution in [0.1, 0.15) is 31.2 Å². The molecular weight excluding hydrogens is 463 g/mol. The van der Waals surface area contributed by atoms with Crippen molar-refractivity contribution in [2.75, 3.05) is 25.1 Å². The second-order valence-corrected chi connectivity index (χ2v) is 10.8. The van der Waals surface area contributed by atoms with Crippen LogP contribution in [0, 0.1) is 17.9 Å². The molecular formula is C21H24F3N3O5S. The lowest BCUT2D eigenvalue weighted by atomic mass is 9.95. The summed E-state index contributed by atoms with van der Waals surface area (Å²) in [4.78, 5) is 30.2. The van der Waals surface area contributed by atoms with E-state index in [9.17, 15) is 31.2 Å². The highest BCUT2D eigenvalue weighted by Gasteiger charge is 2.54. The van der Waals surface area contributed by atoms with Gasteiger partial charge in [-0.2, -0.15) is 0 Å². The minimum atomic E-state index is -4.95. The van der Waals surface area contributed by atoms with Gasteiger partial charge >= 0.3 is 6.36 Å². The maximum Gasteiger partial charge on any atom is 0.573 e. The standard InChI is InChI=1S/C21H24F3N3O5S/c1-25-16-6-5-14(17(10-16)32-21(22,23)24)11-26-18(28)15-4-3-9-27(12-15)19(29)20(7-8-20)13-33(2,30)31/h5-6,10,15H,3-4,7-9,11-13H2,2H3,(H,26,28)/t15-/m1/s1. The number of hydrogen-bond acceptors (Lipinski definition) is 5. The van der Waals surface area contributed by atoms with Crippen molar-refractivity contribution in [1.29, 1.82) is 0 Å². The molecule has 0 unspecified atom stereocenters. The van der Waals surface area contributed by atoms with E-state index in [1.54, 1.807) is 0 Å². The zero-order valence-electron chi connectivity index (χ0n) is 17.9. The molecule has 0 bridgehead atoms. The maximum atomic E-state index is 12.9. The summed E-state index contributed by atoms with van der Waals surface area (Å²) in [6.45, 7) is 7.25. The molecule has 180 valence electrons. The molecule has 1 heterocycles. The molecule has 1 aromatic carbocycles. The first-order valence-electron chi connectivity index (χ1n) is 10.3. The number of carbonyl (C=O) groups excluding carboxylic acids is 2. The summed E-state index contributed by atoms with van der Waals surface area (Å²) < 4.78 is 65.5. The van der Waals surface area contributed by atoms with Crippen molar-refractivity contribution < 1.29 is 35.9 Å². The van der Waals surface area contributed by atoms with Gasteiger partial charge < -0.3 is 15.0 Å². The number of carbonyl (C=O) groups is 2. The average Bonchev–Trinajstić information content (AvgIpc) is 3.49. The van der Waals surface area contributed by atoms with E-state index in [0.717, 1.165) is 12.3 Å². The third kappa shape index (κ3) is 6.60. The molecule has 2 amide bonds. The van der Waals surface area contributed by atoms with Crippen molar-refractivity contribution >= 4 is 27.3 Å². The average molecular weight is 488 g/mol. The SMILES string of the molecule is [C-]#[N+]c1ccc(CNC(=O)[C@@H]2CCCN(C(=O)C3(CS(C)(=O)=O)CC3)C2)c(OC(F)(F)F)c1. The molecule has 8 nitrogen and oxygen atoms in total. The monoisotopic (exact) mass is 487 g/mol. The second kappa shape index (κ2) is 9.21. The number of nitrogens with zero attached hydrogens (tertiary/aromatic N) is 2. The minimum absolute atomic E-state index is 0.0335. The number of ether oxygens (including phenoxy) is 1. The molecule has 0 aromatic heterocycles. The van der Waals surface area contributed by atoms with E-state index >= 15 is 0 Å². The molecule has 0 spiro atoms. The number of hydrogen-bond donors (Lipinski definition) is 1. The van der Waals surface area contributed by atoms with Gasteiger partial charge in [-0.05, 0) is 31.7 Å². The summed E-state index contributed by atoms with van der Waals surface area (Å²) in [6.07, 6.45) is -1.81. The Balaban J connectivity index is 1.63. The molecule has 1 saturated carbocycles. The summed E-state index contributed by atoms with van der Waals surface area (Å²) >= 11 is 0. The topological polar surface area (TPSA) is 97.1 Å². The van der Waals surface area contributed by atoms with Crippen LogP contribution in [-0.2, 0) is 26.0 Å². The predicted molar refractivity (Wildman–Crippen MR) is 112 cm³/mol. The summed E-state index contributed by atoms with van der Waals surface area (Å²) in [5.41, 5.74) is -0.878. The largest absolute Gasteiger partial charge is 0.573 e. The third-order valence-corrected chi connectivity index (χ3v) is 6.86. The molecule has 1 aromatic rings. The van der Waals surface area contributed by atoms with Gasteiger partial charge in [-0.3, -0.25) is 9.59 Å². The fourth-order valence-corrected chi connectivity index (χ4v) is 5.50. The number of benzene rings is 1. The Morgan fingerprint density at radius 3 is 2.61 bits per heavy atom. The van der Waals surface area contributed by atoms with Crippen LogP contribution < -0.4 is 10.1 Å². The normalized spacial score (nSPS) is 20.0. The third-order valence-electron chi connectivity index (χ3n) is 5.78. The molecule has 1 aliphatic heterocycles. The second-order valence-electron chi connectivity index (χ2n) is 8.61. The van der Waals surface area contributed by atoms with E-state index in [0.29, 0.717) is 32.2 Å². The fourth-order valence-electron chi connectivity index (χ4n) is 4.09. The van der Waals surface area contributed by atoms with Gasteiger partial charge in [0.1, 0.15) is 15.6 Å². The van der Waals surface area contributed by atoms with E-state index in [1.807, 2.05) is 0 Å². The van der Waals surface area contributed by atoms with Crippen LogP contribution in [0.4, 0.5) is 18.9 Å². The van der Waals surface area contributed by atoms with Crippen molar-refractivity contribution in [3.05, 3.63) is 35.2 Å². The smallest absolute Gasteiger partial charge is 0.407 e. The number of likely N-dealkylation sites (tertiary alicyclic amines) is 1. The Labute approximate surface area is 189 Å². The van der Waals surface area contributed by atoms with E-state index in [2.05, 4.69) is 14.9 Å². The maximum absolute atomic E-state index is 12.9. The van der Waals surface area contributed by atoms with E-state index in [4.69, 9.17) is 6.57 Å². The van der Waals surface area contributed by atoms with Gasteiger partial charge in [0.15, 0.2) is 5.69 Å². The highest BCUT2D eigenvalue weighted by molar-refractivity contribution is 7.90. The van der Waals surface area contributed by atoms with Crippen LogP contribution in [0.15, 0.2) is 18.2 Å². The van der Waals surface area contributed by atoms with Gasteiger partial charge in [-0.25, -0.2) is 13.3 Å². The highest BCUT2D eigenvalue weighted by Crippen LogP contribution is 2.48. The number of piperidine rings is 1. The summed E-state index contributed by atoms with van der Waals surface area (Å²) in [5.74, 6) is -2.03. The lowest BCUT2D eigenvalue weighted by molar-refractivity contribution is -0.274. The number of sulfone groups is 1. The Bertz CT molecular complexity index is 1080. The lowest BCUT2D eigenvalue weighted by Crippen LogP contribution is -2.48. The Hall–Kier alpha value is -2.81. The first kappa shape index (κ1) is 24.8. The first-order valence-corrected chi connectivity index (χ1v) is 12.4. The lowest BCUT2D eigenvalue weighted by Gasteiger charge is -2.34. The Kier molecular flexibility index (Phi) is 6.93. The van der Waals surface area contributed by atoms with Crippen LogP contribution in [0.3, 0.4) is 0 Å². The Morgan fingerprint density at radius 1 is 1.33 bits per heavy atom. The van der Waals surface area contributed by atoms with Crippen LogP contribution in [-0.4, -0.2) is 56.6 Å². The predicted octanol–water partition coefficient (Wildman–Crippen LogP) is 2.82. The van der Waals surface area contributed by atoms with Gasteiger partial charge in [-0.1, -0.05) is 12.1 Å². The molecule has 2 fully saturated rings. The Morgan fingerprint density at radius 2 is 2.03 bits per heavy atom. The van der Waals surface area contributed by atoms with E-state index in [1.165, 1.54) is 17.0 Å². The number of rotatable bonds is 7. The number of alkyl halides is 3. The quantitative estimate of drug-likeness (QED) is 0.597. The molecule has 2 aliphatic rings.